The zero-order valence-electron chi connectivity index (χ0n) is 8.60. The summed E-state index contributed by atoms with van der Waals surface area (Å²) in [6.45, 7) is 1.56. The van der Waals surface area contributed by atoms with Gasteiger partial charge in [0, 0.05) is 28.6 Å². The molecule has 2 aromatic rings. The second-order valence-electron chi connectivity index (χ2n) is 3.33. The van der Waals surface area contributed by atoms with Gasteiger partial charge in [-0.3, -0.25) is 4.68 Å². The van der Waals surface area contributed by atoms with Gasteiger partial charge in [0.15, 0.2) is 0 Å². The fraction of sp³-hybridized carbons (Fsp3) is 0.200. The van der Waals surface area contributed by atoms with Crippen LogP contribution in [-0.4, -0.2) is 21.5 Å². The van der Waals surface area contributed by atoms with Crippen LogP contribution in [-0.2, 0) is 6.54 Å². The number of hydrogen-bond donors (Lipinski definition) is 2. The fourth-order valence-corrected chi connectivity index (χ4v) is 1.87. The van der Waals surface area contributed by atoms with Crippen molar-refractivity contribution in [3.8, 4) is 0 Å². The third-order valence-electron chi connectivity index (χ3n) is 2.12. The van der Waals surface area contributed by atoms with Crippen LogP contribution >= 0.6 is 15.9 Å². The third-order valence-corrected chi connectivity index (χ3v) is 2.78. The van der Waals surface area contributed by atoms with Crippen molar-refractivity contribution in [2.24, 2.45) is 0 Å². The molecular formula is C10H12BrN5. The van der Waals surface area contributed by atoms with Crippen molar-refractivity contribution >= 4 is 27.3 Å². The van der Waals surface area contributed by atoms with Crippen LogP contribution in [0.3, 0.4) is 0 Å². The first-order valence-electron chi connectivity index (χ1n) is 4.89. The molecule has 6 heteroatoms. The second-order valence-corrected chi connectivity index (χ2v) is 4.19. The summed E-state index contributed by atoms with van der Waals surface area (Å²) in [6.07, 6.45) is 3.50. The number of halogens is 1. The summed E-state index contributed by atoms with van der Waals surface area (Å²) in [4.78, 5) is 0. The molecule has 0 atom stereocenters. The summed E-state index contributed by atoms with van der Waals surface area (Å²) in [6, 6.07) is 5.68. The normalized spacial score (nSPS) is 10.3. The number of hydrogen-bond acceptors (Lipinski definition) is 4. The molecule has 0 amide bonds. The Labute approximate surface area is 102 Å². The molecule has 1 aromatic heterocycles. The summed E-state index contributed by atoms with van der Waals surface area (Å²) < 4.78 is 2.74. The van der Waals surface area contributed by atoms with Gasteiger partial charge in [0.25, 0.3) is 0 Å². The van der Waals surface area contributed by atoms with E-state index < -0.39 is 0 Å². The average molecular weight is 282 g/mol. The van der Waals surface area contributed by atoms with Crippen LogP contribution in [0, 0.1) is 0 Å². The average Bonchev–Trinajstić information content (AvgIpc) is 2.74. The van der Waals surface area contributed by atoms with Gasteiger partial charge in [-0.25, -0.2) is 0 Å². The Balaban J connectivity index is 1.90. The van der Waals surface area contributed by atoms with Crippen molar-refractivity contribution in [1.82, 2.24) is 15.0 Å². The highest BCUT2D eigenvalue weighted by Crippen LogP contribution is 2.24. The van der Waals surface area contributed by atoms with Gasteiger partial charge in [0.2, 0.25) is 0 Å². The molecule has 0 spiro atoms. The molecule has 3 N–H and O–H groups in total. The number of nitrogen functional groups attached to an aromatic ring is 1. The molecule has 0 unspecified atom stereocenters. The maximum atomic E-state index is 5.65. The van der Waals surface area contributed by atoms with E-state index in [1.807, 2.05) is 24.4 Å². The summed E-state index contributed by atoms with van der Waals surface area (Å²) in [5.74, 6) is 0. The summed E-state index contributed by atoms with van der Waals surface area (Å²) in [5.41, 5.74) is 7.42. The van der Waals surface area contributed by atoms with Crippen LogP contribution in [0.4, 0.5) is 11.4 Å². The molecule has 2 rings (SSSR count). The van der Waals surface area contributed by atoms with Crippen LogP contribution < -0.4 is 11.1 Å². The van der Waals surface area contributed by atoms with Gasteiger partial charge in [-0.1, -0.05) is 5.21 Å². The first-order chi connectivity index (χ1) is 7.75. The van der Waals surface area contributed by atoms with Crippen LogP contribution in [0.5, 0.6) is 0 Å². The van der Waals surface area contributed by atoms with Gasteiger partial charge >= 0.3 is 0 Å². The summed E-state index contributed by atoms with van der Waals surface area (Å²) in [5, 5.41) is 10.9. The molecule has 0 aliphatic heterocycles. The number of aromatic nitrogens is 3. The Bertz CT molecular complexity index is 454. The Hall–Kier alpha value is -1.56. The van der Waals surface area contributed by atoms with Crippen molar-refractivity contribution in [3.63, 3.8) is 0 Å². The van der Waals surface area contributed by atoms with E-state index >= 15 is 0 Å². The molecule has 0 aliphatic carbocycles. The van der Waals surface area contributed by atoms with Crippen molar-refractivity contribution in [2.45, 2.75) is 6.54 Å². The Morgan fingerprint density at radius 3 is 3.00 bits per heavy atom. The van der Waals surface area contributed by atoms with Crippen LogP contribution in [0.1, 0.15) is 0 Å². The first-order valence-corrected chi connectivity index (χ1v) is 5.68. The summed E-state index contributed by atoms with van der Waals surface area (Å²) in [7, 11) is 0. The van der Waals surface area contributed by atoms with Crippen molar-refractivity contribution in [3.05, 3.63) is 35.1 Å². The molecular weight excluding hydrogens is 270 g/mol. The number of nitrogens with two attached hydrogens (primary N) is 1. The fourth-order valence-electron chi connectivity index (χ4n) is 1.33. The zero-order chi connectivity index (χ0) is 11.4. The van der Waals surface area contributed by atoms with Crippen LogP contribution in [0.15, 0.2) is 35.1 Å². The molecule has 0 bridgehead atoms. The SMILES string of the molecule is Nc1ccc(NCCn2ccnn2)c(Br)c1. The summed E-state index contributed by atoms with van der Waals surface area (Å²) >= 11 is 3.45. The lowest BCUT2D eigenvalue weighted by Gasteiger charge is -2.08. The maximum Gasteiger partial charge on any atom is 0.0692 e. The Morgan fingerprint density at radius 2 is 2.31 bits per heavy atom. The third kappa shape index (κ3) is 2.73. The van der Waals surface area contributed by atoms with E-state index in [1.54, 1.807) is 10.9 Å². The van der Waals surface area contributed by atoms with Crippen molar-refractivity contribution in [1.29, 1.82) is 0 Å². The van der Waals surface area contributed by atoms with E-state index in [1.165, 1.54) is 0 Å². The zero-order valence-corrected chi connectivity index (χ0v) is 10.2. The van der Waals surface area contributed by atoms with Gasteiger partial charge in [-0.15, -0.1) is 5.10 Å². The van der Waals surface area contributed by atoms with E-state index in [2.05, 4.69) is 31.6 Å². The van der Waals surface area contributed by atoms with Crippen molar-refractivity contribution < 1.29 is 0 Å². The van der Waals surface area contributed by atoms with Crippen molar-refractivity contribution in [2.75, 3.05) is 17.6 Å². The molecule has 1 aromatic carbocycles. The van der Waals surface area contributed by atoms with E-state index in [-0.39, 0.29) is 0 Å². The molecule has 0 saturated carbocycles. The predicted molar refractivity (Wildman–Crippen MR) is 67.1 cm³/mol. The minimum Gasteiger partial charge on any atom is -0.399 e. The second kappa shape index (κ2) is 4.98. The molecule has 0 saturated heterocycles. The Kier molecular flexibility index (Phi) is 3.40. The van der Waals surface area contributed by atoms with Crippen LogP contribution in [0.2, 0.25) is 0 Å². The number of rotatable bonds is 4. The van der Waals surface area contributed by atoms with Gasteiger partial charge in [0.1, 0.15) is 0 Å². The maximum absolute atomic E-state index is 5.65. The van der Waals surface area contributed by atoms with E-state index in [0.29, 0.717) is 0 Å². The largest absolute Gasteiger partial charge is 0.399 e. The number of nitrogens with zero attached hydrogens (tertiary/aromatic N) is 3. The molecule has 0 radical (unpaired) electrons. The highest BCUT2D eigenvalue weighted by Gasteiger charge is 1.99. The highest BCUT2D eigenvalue weighted by molar-refractivity contribution is 9.10. The quantitative estimate of drug-likeness (QED) is 0.838. The molecule has 0 aliphatic rings. The predicted octanol–water partition coefficient (Wildman–Crippen LogP) is 1.73. The van der Waals surface area contributed by atoms with Gasteiger partial charge in [0.05, 0.1) is 12.7 Å². The lowest BCUT2D eigenvalue weighted by Crippen LogP contribution is -2.11. The molecule has 5 nitrogen and oxygen atoms in total. The monoisotopic (exact) mass is 281 g/mol. The lowest BCUT2D eigenvalue weighted by molar-refractivity contribution is 0.609. The minimum absolute atomic E-state index is 0.744. The number of anilines is 2. The number of nitrogens with one attached hydrogen (secondary N) is 1. The van der Waals surface area contributed by atoms with Crippen LogP contribution in [0.25, 0.3) is 0 Å². The first kappa shape index (κ1) is 10.9. The molecule has 84 valence electrons. The number of benzene rings is 1. The standard InChI is InChI=1S/C10H12BrN5/c11-9-7-8(12)1-2-10(9)13-3-5-16-6-4-14-15-16/h1-2,4,6-7,13H,3,5,12H2. The highest BCUT2D eigenvalue weighted by atomic mass is 79.9. The molecule has 16 heavy (non-hydrogen) atoms. The topological polar surface area (TPSA) is 68.8 Å². The Morgan fingerprint density at radius 1 is 1.44 bits per heavy atom. The van der Waals surface area contributed by atoms with E-state index in [9.17, 15) is 0 Å². The minimum atomic E-state index is 0.744. The smallest absolute Gasteiger partial charge is 0.0692 e. The molecule has 1 heterocycles. The van der Waals surface area contributed by atoms with Gasteiger partial charge in [-0.05, 0) is 34.1 Å². The van der Waals surface area contributed by atoms with E-state index in [4.69, 9.17) is 5.73 Å². The van der Waals surface area contributed by atoms with Gasteiger partial charge < -0.3 is 11.1 Å². The molecule has 0 fully saturated rings. The van der Waals surface area contributed by atoms with E-state index in [0.717, 1.165) is 28.9 Å². The lowest BCUT2D eigenvalue weighted by atomic mass is 10.3. The van der Waals surface area contributed by atoms with Gasteiger partial charge in [-0.2, -0.15) is 0 Å².